The first kappa shape index (κ1) is 15.4. The Morgan fingerprint density at radius 2 is 2.05 bits per heavy atom. The minimum absolute atomic E-state index is 0.0502. The molecule has 0 amide bonds. The number of benzene rings is 2. The van der Waals surface area contributed by atoms with Crippen molar-refractivity contribution in [1.29, 1.82) is 0 Å². The number of rotatable bonds is 6. The van der Waals surface area contributed by atoms with Crippen molar-refractivity contribution in [3.8, 4) is 5.75 Å². The molecule has 114 valence electrons. The zero-order valence-electron chi connectivity index (χ0n) is 11.4. The highest BCUT2D eigenvalue weighted by Crippen LogP contribution is 2.20. The van der Waals surface area contributed by atoms with Gasteiger partial charge in [-0.2, -0.15) is 0 Å². The third kappa shape index (κ3) is 4.02. The Hall–Kier alpha value is -2.96. The van der Waals surface area contributed by atoms with E-state index in [2.05, 4.69) is 0 Å². The minimum Gasteiger partial charge on any atom is -0.489 e. The molecule has 1 N–H and O–H groups in total. The van der Waals surface area contributed by atoms with E-state index in [-0.39, 0.29) is 23.5 Å². The van der Waals surface area contributed by atoms with Crippen LogP contribution in [-0.2, 0) is 13.2 Å². The Balaban J connectivity index is 2.17. The van der Waals surface area contributed by atoms with Crippen molar-refractivity contribution >= 4 is 5.97 Å². The molecule has 0 bridgehead atoms. The molecule has 0 spiro atoms. The molecule has 2 aromatic rings. The fraction of sp³-hybridized carbons (Fsp3) is 0.133. The second kappa shape index (κ2) is 6.66. The summed E-state index contributed by atoms with van der Waals surface area (Å²) in [5, 5.41) is 19.6. The van der Waals surface area contributed by atoms with E-state index in [1.807, 2.05) is 0 Å². The van der Waals surface area contributed by atoms with Crippen LogP contribution in [-0.4, -0.2) is 16.0 Å². The maximum atomic E-state index is 13.0. The lowest BCUT2D eigenvalue weighted by Gasteiger charge is -2.09. The molecule has 2 rings (SSSR count). The molecule has 0 atom stereocenters. The standard InChI is InChI=1S/C15H12FNO5/c16-12-3-1-2-10(6-12)9-22-13-4-5-14(15(18)19)11(7-13)8-17(20)21/h1-7H,8-9H2,(H,18,19). The highest BCUT2D eigenvalue weighted by molar-refractivity contribution is 5.89. The van der Waals surface area contributed by atoms with Gasteiger partial charge in [0, 0.05) is 10.5 Å². The molecule has 6 nitrogen and oxygen atoms in total. The van der Waals surface area contributed by atoms with Gasteiger partial charge < -0.3 is 9.84 Å². The number of carboxylic acid groups (broad SMARTS) is 1. The summed E-state index contributed by atoms with van der Waals surface area (Å²) in [4.78, 5) is 21.0. The molecule has 0 saturated heterocycles. The fourth-order valence-electron chi connectivity index (χ4n) is 1.93. The maximum absolute atomic E-state index is 13.0. The Morgan fingerprint density at radius 1 is 1.27 bits per heavy atom. The molecule has 0 heterocycles. The van der Waals surface area contributed by atoms with Crippen LogP contribution < -0.4 is 4.74 Å². The summed E-state index contributed by atoms with van der Waals surface area (Å²) in [7, 11) is 0. The quantitative estimate of drug-likeness (QED) is 0.654. The van der Waals surface area contributed by atoms with Crippen molar-refractivity contribution < 1.29 is 24.0 Å². The van der Waals surface area contributed by atoms with Gasteiger partial charge in [0.05, 0.1) is 5.56 Å². The number of nitrogens with zero attached hydrogens (tertiary/aromatic N) is 1. The third-order valence-electron chi connectivity index (χ3n) is 2.90. The molecular weight excluding hydrogens is 293 g/mol. The van der Waals surface area contributed by atoms with Gasteiger partial charge in [-0.3, -0.25) is 10.1 Å². The molecule has 0 aliphatic heterocycles. The van der Waals surface area contributed by atoms with Crippen molar-refractivity contribution in [2.75, 3.05) is 0 Å². The van der Waals surface area contributed by atoms with Crippen LogP contribution in [0.4, 0.5) is 4.39 Å². The van der Waals surface area contributed by atoms with Crippen LogP contribution in [0.1, 0.15) is 21.5 Å². The van der Waals surface area contributed by atoms with Gasteiger partial charge in [0.2, 0.25) is 6.54 Å². The van der Waals surface area contributed by atoms with Gasteiger partial charge >= 0.3 is 5.97 Å². The van der Waals surface area contributed by atoms with Crippen LogP contribution in [0.25, 0.3) is 0 Å². The van der Waals surface area contributed by atoms with Crippen molar-refractivity contribution in [3.05, 3.63) is 75.1 Å². The van der Waals surface area contributed by atoms with Gasteiger partial charge in [0.25, 0.3) is 0 Å². The molecule has 0 aliphatic carbocycles. The van der Waals surface area contributed by atoms with Crippen LogP contribution in [0.2, 0.25) is 0 Å². The Labute approximate surface area is 124 Å². The van der Waals surface area contributed by atoms with E-state index in [4.69, 9.17) is 9.84 Å². The maximum Gasteiger partial charge on any atom is 0.336 e. The highest BCUT2D eigenvalue weighted by Gasteiger charge is 2.15. The van der Waals surface area contributed by atoms with E-state index >= 15 is 0 Å². The number of ether oxygens (including phenoxy) is 1. The van der Waals surface area contributed by atoms with Gasteiger partial charge in [0.15, 0.2) is 0 Å². The van der Waals surface area contributed by atoms with Crippen LogP contribution in [0, 0.1) is 15.9 Å². The fourth-order valence-corrected chi connectivity index (χ4v) is 1.93. The highest BCUT2D eigenvalue weighted by atomic mass is 19.1. The van der Waals surface area contributed by atoms with Crippen LogP contribution in [0.3, 0.4) is 0 Å². The lowest BCUT2D eigenvalue weighted by molar-refractivity contribution is -0.496. The van der Waals surface area contributed by atoms with Crippen molar-refractivity contribution in [2.45, 2.75) is 13.2 Å². The van der Waals surface area contributed by atoms with Gasteiger partial charge in [-0.05, 0) is 35.9 Å². The van der Waals surface area contributed by atoms with Gasteiger partial charge in [-0.15, -0.1) is 0 Å². The minimum atomic E-state index is -1.24. The topological polar surface area (TPSA) is 89.7 Å². The first-order valence-electron chi connectivity index (χ1n) is 6.31. The van der Waals surface area contributed by atoms with Gasteiger partial charge in [0.1, 0.15) is 18.2 Å². The normalized spacial score (nSPS) is 10.2. The van der Waals surface area contributed by atoms with E-state index < -0.39 is 23.3 Å². The number of aromatic carboxylic acids is 1. The summed E-state index contributed by atoms with van der Waals surface area (Å²) >= 11 is 0. The summed E-state index contributed by atoms with van der Waals surface area (Å²) in [5.41, 5.74) is 0.502. The first-order valence-corrected chi connectivity index (χ1v) is 6.31. The molecule has 22 heavy (non-hydrogen) atoms. The van der Waals surface area contributed by atoms with Crippen molar-refractivity contribution in [2.24, 2.45) is 0 Å². The van der Waals surface area contributed by atoms with E-state index in [1.165, 1.54) is 30.3 Å². The van der Waals surface area contributed by atoms with Crippen LogP contribution in [0.15, 0.2) is 42.5 Å². The van der Waals surface area contributed by atoms with E-state index in [9.17, 15) is 19.3 Å². The van der Waals surface area contributed by atoms with E-state index in [0.717, 1.165) is 0 Å². The number of hydrogen-bond donors (Lipinski definition) is 1. The predicted molar refractivity (Wildman–Crippen MR) is 74.8 cm³/mol. The van der Waals surface area contributed by atoms with Crippen LogP contribution in [0.5, 0.6) is 5.75 Å². The summed E-state index contributed by atoms with van der Waals surface area (Å²) in [5.74, 6) is -1.35. The molecule has 7 heteroatoms. The van der Waals surface area contributed by atoms with Crippen molar-refractivity contribution in [1.82, 2.24) is 0 Å². The Bertz CT molecular complexity index is 717. The molecule has 0 saturated carbocycles. The van der Waals surface area contributed by atoms with Crippen LogP contribution >= 0.6 is 0 Å². The lowest BCUT2D eigenvalue weighted by Crippen LogP contribution is -2.07. The molecule has 0 aliphatic rings. The summed E-state index contributed by atoms with van der Waals surface area (Å²) in [6.45, 7) is -0.541. The second-order valence-corrected chi connectivity index (χ2v) is 4.53. The second-order valence-electron chi connectivity index (χ2n) is 4.53. The summed E-state index contributed by atoms with van der Waals surface area (Å²) < 4.78 is 18.5. The molecule has 2 aromatic carbocycles. The lowest BCUT2D eigenvalue weighted by atomic mass is 10.1. The number of carboxylic acids is 1. The molecule has 0 aromatic heterocycles. The summed E-state index contributed by atoms with van der Waals surface area (Å²) in [6, 6.07) is 9.80. The number of halogens is 1. The zero-order valence-corrected chi connectivity index (χ0v) is 11.4. The monoisotopic (exact) mass is 305 g/mol. The SMILES string of the molecule is O=C(O)c1ccc(OCc2cccc(F)c2)cc1C[N+](=O)[O-]. The number of hydrogen-bond acceptors (Lipinski definition) is 4. The third-order valence-corrected chi connectivity index (χ3v) is 2.90. The average Bonchev–Trinajstić information content (AvgIpc) is 2.44. The zero-order chi connectivity index (χ0) is 16.1. The van der Waals surface area contributed by atoms with E-state index in [0.29, 0.717) is 5.56 Å². The Morgan fingerprint density at radius 3 is 2.68 bits per heavy atom. The van der Waals surface area contributed by atoms with Gasteiger partial charge in [-0.1, -0.05) is 12.1 Å². The predicted octanol–water partition coefficient (Wildman–Crippen LogP) is 2.88. The molecule has 0 radical (unpaired) electrons. The number of nitro groups is 1. The van der Waals surface area contributed by atoms with Gasteiger partial charge in [-0.25, -0.2) is 9.18 Å². The first-order chi connectivity index (χ1) is 10.5. The largest absolute Gasteiger partial charge is 0.489 e. The summed E-state index contributed by atoms with van der Waals surface area (Å²) in [6.07, 6.45) is 0. The molecule has 0 fully saturated rings. The number of carbonyl (C=O) groups is 1. The average molecular weight is 305 g/mol. The van der Waals surface area contributed by atoms with E-state index in [1.54, 1.807) is 12.1 Å². The molecule has 0 unspecified atom stereocenters. The Kier molecular flexibility index (Phi) is 4.67. The molecular formula is C15H12FNO5. The smallest absolute Gasteiger partial charge is 0.336 e. The van der Waals surface area contributed by atoms with Crippen molar-refractivity contribution in [3.63, 3.8) is 0 Å².